The van der Waals surface area contributed by atoms with E-state index < -0.39 is 27.6 Å². The summed E-state index contributed by atoms with van der Waals surface area (Å²) in [7, 11) is -3.94. The van der Waals surface area contributed by atoms with Crippen LogP contribution in [0.15, 0.2) is 52.3 Å². The first-order valence-electron chi connectivity index (χ1n) is 9.06. The molecule has 9 heteroatoms. The Balaban J connectivity index is 1.54. The van der Waals surface area contributed by atoms with Gasteiger partial charge in [0, 0.05) is 18.0 Å². The molecule has 0 amide bonds. The minimum atomic E-state index is -3.94. The lowest BCUT2D eigenvalue weighted by atomic mass is 9.98. The highest BCUT2D eigenvalue weighted by Crippen LogP contribution is 2.26. The number of sulfonamides is 1. The molecule has 0 aromatic heterocycles. The van der Waals surface area contributed by atoms with Crippen LogP contribution >= 0.6 is 11.8 Å². The van der Waals surface area contributed by atoms with Crippen molar-refractivity contribution in [1.29, 1.82) is 0 Å². The van der Waals surface area contributed by atoms with Crippen LogP contribution < -0.4 is 0 Å². The molecule has 0 saturated carbocycles. The predicted molar refractivity (Wildman–Crippen MR) is 106 cm³/mol. The number of hydrogen-bond donors (Lipinski definition) is 0. The van der Waals surface area contributed by atoms with Gasteiger partial charge in [0.15, 0.2) is 11.6 Å². The van der Waals surface area contributed by atoms with Crippen molar-refractivity contribution < 1.29 is 26.7 Å². The van der Waals surface area contributed by atoms with Crippen LogP contribution in [-0.4, -0.2) is 38.0 Å². The molecule has 2 aromatic rings. The maximum absolute atomic E-state index is 13.4. The molecule has 1 aliphatic heterocycles. The Morgan fingerprint density at radius 3 is 2.34 bits per heavy atom. The van der Waals surface area contributed by atoms with Crippen molar-refractivity contribution in [3.63, 3.8) is 0 Å². The van der Waals surface area contributed by atoms with E-state index >= 15 is 0 Å². The van der Waals surface area contributed by atoms with E-state index in [0.29, 0.717) is 18.9 Å². The third-order valence-corrected chi connectivity index (χ3v) is 7.49. The number of carbonyl (C=O) groups excluding carboxylic acids is 1. The zero-order chi connectivity index (χ0) is 21.0. The van der Waals surface area contributed by atoms with Crippen LogP contribution in [-0.2, 0) is 26.2 Å². The van der Waals surface area contributed by atoms with E-state index in [1.54, 1.807) is 11.8 Å². The molecule has 1 heterocycles. The zero-order valence-electron chi connectivity index (χ0n) is 15.8. The highest BCUT2D eigenvalue weighted by molar-refractivity contribution is 7.98. The quantitative estimate of drug-likeness (QED) is 0.504. The molecule has 3 rings (SSSR count). The summed E-state index contributed by atoms with van der Waals surface area (Å²) in [5.74, 6) is -3.07. The fourth-order valence-corrected chi connectivity index (χ4v) is 5.00. The van der Waals surface area contributed by atoms with E-state index in [4.69, 9.17) is 4.74 Å². The van der Waals surface area contributed by atoms with Gasteiger partial charge in [-0.25, -0.2) is 17.2 Å². The lowest BCUT2D eigenvalue weighted by molar-refractivity contribution is -0.151. The van der Waals surface area contributed by atoms with Crippen molar-refractivity contribution in [2.45, 2.75) is 29.2 Å². The number of rotatable bonds is 6. The van der Waals surface area contributed by atoms with Crippen LogP contribution in [0.1, 0.15) is 18.4 Å². The first-order valence-corrected chi connectivity index (χ1v) is 11.7. The second-order valence-corrected chi connectivity index (χ2v) is 9.53. The third-order valence-electron chi connectivity index (χ3n) is 4.86. The van der Waals surface area contributed by atoms with Crippen molar-refractivity contribution in [3.8, 4) is 0 Å². The van der Waals surface area contributed by atoms with Crippen LogP contribution in [0.4, 0.5) is 8.78 Å². The van der Waals surface area contributed by atoms with Crippen molar-refractivity contribution in [2.24, 2.45) is 5.92 Å². The van der Waals surface area contributed by atoms with Gasteiger partial charge in [-0.3, -0.25) is 4.79 Å². The lowest BCUT2D eigenvalue weighted by Crippen LogP contribution is -2.40. The van der Waals surface area contributed by atoms with E-state index in [0.717, 1.165) is 22.6 Å². The molecule has 0 atom stereocenters. The van der Waals surface area contributed by atoms with E-state index in [9.17, 15) is 22.0 Å². The maximum atomic E-state index is 13.4. The zero-order valence-corrected chi connectivity index (χ0v) is 17.4. The van der Waals surface area contributed by atoms with Gasteiger partial charge in [0.1, 0.15) is 6.61 Å². The summed E-state index contributed by atoms with van der Waals surface area (Å²) in [6.07, 6.45) is 2.61. The molecule has 0 N–H and O–H groups in total. The van der Waals surface area contributed by atoms with Gasteiger partial charge in [-0.1, -0.05) is 12.1 Å². The lowest BCUT2D eigenvalue weighted by Gasteiger charge is -2.30. The van der Waals surface area contributed by atoms with Gasteiger partial charge >= 0.3 is 5.97 Å². The Bertz CT molecular complexity index is 972. The first-order chi connectivity index (χ1) is 13.8. The highest BCUT2D eigenvalue weighted by Gasteiger charge is 2.33. The number of ether oxygens (including phenoxy) is 1. The topological polar surface area (TPSA) is 63.7 Å². The smallest absolute Gasteiger partial charge is 0.309 e. The molecule has 0 aliphatic carbocycles. The van der Waals surface area contributed by atoms with Gasteiger partial charge in [0.05, 0.1) is 10.8 Å². The molecule has 156 valence electrons. The summed E-state index contributed by atoms with van der Waals surface area (Å²) in [6, 6.07) is 10.2. The number of benzene rings is 2. The summed E-state index contributed by atoms with van der Waals surface area (Å²) in [5, 5.41) is 0. The molecule has 5 nitrogen and oxygen atoms in total. The Labute approximate surface area is 173 Å². The number of hydrogen-bond acceptors (Lipinski definition) is 5. The molecular formula is C20H21F2NO4S2. The number of esters is 1. The number of carbonyl (C=O) groups is 1. The minimum absolute atomic E-state index is 0.115. The second kappa shape index (κ2) is 9.23. The summed E-state index contributed by atoms with van der Waals surface area (Å²) in [5.41, 5.74) is 0.884. The van der Waals surface area contributed by atoms with Crippen molar-refractivity contribution in [2.75, 3.05) is 19.3 Å². The molecule has 0 unspecified atom stereocenters. The van der Waals surface area contributed by atoms with Crippen LogP contribution in [0.3, 0.4) is 0 Å². The van der Waals surface area contributed by atoms with Crippen LogP contribution in [0.2, 0.25) is 0 Å². The average Bonchev–Trinajstić information content (AvgIpc) is 2.74. The molecule has 0 radical (unpaired) electrons. The molecule has 2 aromatic carbocycles. The Hall–Kier alpha value is -1.97. The van der Waals surface area contributed by atoms with Gasteiger partial charge in [-0.15, -0.1) is 11.8 Å². The molecular weight excluding hydrogens is 420 g/mol. The van der Waals surface area contributed by atoms with E-state index in [1.807, 2.05) is 30.5 Å². The number of halogens is 2. The number of nitrogens with zero attached hydrogens (tertiary/aromatic N) is 1. The van der Waals surface area contributed by atoms with Crippen molar-refractivity contribution in [1.82, 2.24) is 4.31 Å². The van der Waals surface area contributed by atoms with E-state index in [1.165, 1.54) is 4.31 Å². The fraction of sp³-hybridized carbons (Fsp3) is 0.350. The molecule has 1 fully saturated rings. The maximum Gasteiger partial charge on any atom is 0.309 e. The van der Waals surface area contributed by atoms with Gasteiger partial charge in [0.2, 0.25) is 10.0 Å². The first kappa shape index (κ1) is 21.7. The van der Waals surface area contributed by atoms with Gasteiger partial charge < -0.3 is 4.74 Å². The standard InChI is InChI=1S/C20H21F2NO4S2/c1-28-16-4-2-14(3-5-16)13-27-20(24)15-8-10-23(11-9-15)29(25,26)17-6-7-18(21)19(22)12-17/h2-7,12,15H,8-11,13H2,1H3. The SMILES string of the molecule is CSc1ccc(COC(=O)C2CCN(S(=O)(=O)c3ccc(F)c(F)c3)CC2)cc1. The van der Waals surface area contributed by atoms with Crippen molar-refractivity contribution >= 4 is 27.8 Å². The van der Waals surface area contributed by atoms with Crippen molar-refractivity contribution in [3.05, 3.63) is 59.7 Å². The van der Waals surface area contributed by atoms with Gasteiger partial charge in [-0.05, 0) is 55.0 Å². The van der Waals surface area contributed by atoms with E-state index in [2.05, 4.69) is 0 Å². The van der Waals surface area contributed by atoms with E-state index in [-0.39, 0.29) is 30.6 Å². The summed E-state index contributed by atoms with van der Waals surface area (Å²) in [4.78, 5) is 13.1. The molecule has 1 aliphatic rings. The number of piperidine rings is 1. The normalized spacial score (nSPS) is 16.0. The summed E-state index contributed by atoms with van der Waals surface area (Å²) >= 11 is 1.63. The second-order valence-electron chi connectivity index (χ2n) is 6.71. The van der Waals surface area contributed by atoms with Gasteiger partial charge in [-0.2, -0.15) is 4.31 Å². The monoisotopic (exact) mass is 441 g/mol. The van der Waals surface area contributed by atoms with Crippen LogP contribution in [0.5, 0.6) is 0 Å². The average molecular weight is 442 g/mol. The van der Waals surface area contributed by atoms with Crippen LogP contribution in [0.25, 0.3) is 0 Å². The minimum Gasteiger partial charge on any atom is -0.461 e. The van der Waals surface area contributed by atoms with Gasteiger partial charge in [0.25, 0.3) is 0 Å². The Morgan fingerprint density at radius 2 is 1.76 bits per heavy atom. The highest BCUT2D eigenvalue weighted by atomic mass is 32.2. The Kier molecular flexibility index (Phi) is 6.92. The molecule has 0 bridgehead atoms. The fourth-order valence-electron chi connectivity index (χ4n) is 3.11. The third kappa shape index (κ3) is 5.15. The predicted octanol–water partition coefficient (Wildman–Crippen LogP) is 3.83. The molecule has 0 spiro atoms. The Morgan fingerprint density at radius 1 is 1.10 bits per heavy atom. The molecule has 1 saturated heterocycles. The molecule has 29 heavy (non-hydrogen) atoms. The van der Waals surface area contributed by atoms with Crippen LogP contribution in [0, 0.1) is 17.6 Å². The summed E-state index contributed by atoms with van der Waals surface area (Å²) < 4.78 is 58.2. The largest absolute Gasteiger partial charge is 0.461 e. The number of thioether (sulfide) groups is 1. The summed E-state index contributed by atoms with van der Waals surface area (Å²) in [6.45, 7) is 0.397.